The number of rotatable bonds is 32. The molecule has 0 aliphatic carbocycles. The number of allylic oxidation sites excluding steroid dienone is 13. The summed E-state index contributed by atoms with van der Waals surface area (Å²) < 4.78 is 5.84. The number of esters is 1. The molecule has 0 aliphatic rings. The van der Waals surface area contributed by atoms with Gasteiger partial charge in [-0.25, -0.2) is 0 Å². The van der Waals surface area contributed by atoms with Crippen LogP contribution in [0, 0.1) is 0 Å². The number of carboxylic acids is 1. The molecule has 48 heavy (non-hydrogen) atoms. The lowest BCUT2D eigenvalue weighted by atomic mass is 10.1. The van der Waals surface area contributed by atoms with E-state index in [4.69, 9.17) is 9.84 Å². The van der Waals surface area contributed by atoms with Crippen molar-refractivity contribution < 1.29 is 24.2 Å². The van der Waals surface area contributed by atoms with E-state index in [-0.39, 0.29) is 24.5 Å². The summed E-state index contributed by atoms with van der Waals surface area (Å²) in [7, 11) is 0. The fraction of sp³-hybridized carbons (Fsp3) is 0.595. The van der Waals surface area contributed by atoms with Crippen molar-refractivity contribution in [1.29, 1.82) is 0 Å². The van der Waals surface area contributed by atoms with Gasteiger partial charge in [-0.05, 0) is 89.5 Å². The Kier molecular flexibility index (Phi) is 33.8. The zero-order chi connectivity index (χ0) is 35.2. The summed E-state index contributed by atoms with van der Waals surface area (Å²) in [6, 6.07) is 0. The average molecular weight is 666 g/mol. The normalized spacial score (nSPS) is 13.0. The number of carbonyl (C=O) groups is 3. The third-order valence-corrected chi connectivity index (χ3v) is 7.55. The molecule has 0 aromatic heterocycles. The van der Waals surface area contributed by atoms with Crippen molar-refractivity contribution in [3.8, 4) is 0 Å². The van der Waals surface area contributed by atoms with Crippen LogP contribution in [0.15, 0.2) is 85.1 Å². The van der Waals surface area contributed by atoms with Crippen LogP contribution < -0.4 is 5.32 Å². The van der Waals surface area contributed by atoms with Gasteiger partial charge in [-0.3, -0.25) is 14.4 Å². The second-order valence-electron chi connectivity index (χ2n) is 12.1. The van der Waals surface area contributed by atoms with Gasteiger partial charge in [-0.15, -0.1) is 0 Å². The van der Waals surface area contributed by atoms with Crippen molar-refractivity contribution in [1.82, 2.24) is 5.32 Å². The van der Waals surface area contributed by atoms with Crippen LogP contribution in [0.25, 0.3) is 0 Å². The Morgan fingerprint density at radius 2 is 1.02 bits per heavy atom. The predicted octanol–water partition coefficient (Wildman–Crippen LogP) is 11.2. The van der Waals surface area contributed by atoms with Gasteiger partial charge in [0.2, 0.25) is 5.91 Å². The Morgan fingerprint density at radius 3 is 1.58 bits per heavy atom. The lowest BCUT2D eigenvalue weighted by Crippen LogP contribution is -2.28. The van der Waals surface area contributed by atoms with Crippen molar-refractivity contribution in [2.75, 3.05) is 6.54 Å². The van der Waals surface area contributed by atoms with Crippen LogP contribution in [0.3, 0.4) is 0 Å². The number of nitrogens with one attached hydrogen (secondary N) is 1. The second-order valence-corrected chi connectivity index (χ2v) is 12.1. The first kappa shape index (κ1) is 44.6. The van der Waals surface area contributed by atoms with Crippen LogP contribution in [0.1, 0.15) is 149 Å². The molecule has 0 bridgehead atoms. The smallest absolute Gasteiger partial charge is 0.322 e. The first-order valence-electron chi connectivity index (χ1n) is 18.7. The fourth-order valence-electron chi connectivity index (χ4n) is 4.85. The highest BCUT2D eigenvalue weighted by molar-refractivity contribution is 5.80. The van der Waals surface area contributed by atoms with Crippen LogP contribution in [-0.4, -0.2) is 35.6 Å². The van der Waals surface area contributed by atoms with Crippen LogP contribution in [0.5, 0.6) is 0 Å². The number of hydrogen-bond acceptors (Lipinski definition) is 4. The van der Waals surface area contributed by atoms with E-state index in [0.717, 1.165) is 83.5 Å². The largest absolute Gasteiger partial charge is 0.480 e. The molecule has 1 amide bonds. The molecule has 0 spiro atoms. The molecule has 0 aromatic carbocycles. The molecule has 270 valence electrons. The zero-order valence-corrected chi connectivity index (χ0v) is 30.3. The topological polar surface area (TPSA) is 92.7 Å². The maximum Gasteiger partial charge on any atom is 0.322 e. The van der Waals surface area contributed by atoms with Gasteiger partial charge < -0.3 is 15.2 Å². The molecular weight excluding hydrogens is 598 g/mol. The molecule has 0 saturated carbocycles. The average Bonchev–Trinajstić information content (AvgIpc) is 3.07. The van der Waals surface area contributed by atoms with Crippen molar-refractivity contribution in [2.24, 2.45) is 0 Å². The van der Waals surface area contributed by atoms with Gasteiger partial charge in [-0.2, -0.15) is 0 Å². The second kappa shape index (κ2) is 36.4. The van der Waals surface area contributed by atoms with Gasteiger partial charge in [0.05, 0.1) is 0 Å². The zero-order valence-electron chi connectivity index (χ0n) is 30.3. The molecule has 1 unspecified atom stereocenters. The minimum absolute atomic E-state index is 0.144. The minimum atomic E-state index is -1.05. The highest BCUT2D eigenvalue weighted by atomic mass is 16.5. The van der Waals surface area contributed by atoms with E-state index < -0.39 is 5.97 Å². The maximum atomic E-state index is 12.6. The van der Waals surface area contributed by atoms with Gasteiger partial charge in [-0.1, -0.05) is 131 Å². The Hall–Kier alpha value is -3.41. The summed E-state index contributed by atoms with van der Waals surface area (Å²) >= 11 is 0. The van der Waals surface area contributed by atoms with Crippen LogP contribution in [-0.2, 0) is 19.1 Å². The molecule has 0 saturated heterocycles. The number of aliphatic carboxylic acids is 1. The summed E-state index contributed by atoms with van der Waals surface area (Å²) in [4.78, 5) is 35.0. The molecule has 2 N–H and O–H groups in total. The molecule has 0 heterocycles. The van der Waals surface area contributed by atoms with Crippen LogP contribution >= 0.6 is 0 Å². The summed E-state index contributed by atoms with van der Waals surface area (Å²) in [5, 5.41) is 11.1. The molecule has 1 atom stereocenters. The monoisotopic (exact) mass is 666 g/mol. The van der Waals surface area contributed by atoms with E-state index in [1.54, 1.807) is 0 Å². The number of ether oxygens (including phenoxy) is 1. The third kappa shape index (κ3) is 35.4. The lowest BCUT2D eigenvalue weighted by molar-refractivity contribution is -0.147. The molecule has 0 aliphatic heterocycles. The summed E-state index contributed by atoms with van der Waals surface area (Å²) in [5.41, 5.74) is 0. The molecule has 0 radical (unpaired) electrons. The molecule has 0 fully saturated rings. The molecule has 6 nitrogen and oxygen atoms in total. The highest BCUT2D eigenvalue weighted by Crippen LogP contribution is 2.14. The van der Waals surface area contributed by atoms with E-state index >= 15 is 0 Å². The van der Waals surface area contributed by atoms with Gasteiger partial charge in [0.15, 0.2) is 0 Å². The number of unbranched alkanes of at least 4 members (excludes halogenated alkanes) is 9. The lowest BCUT2D eigenvalue weighted by Gasteiger charge is -2.14. The van der Waals surface area contributed by atoms with Crippen molar-refractivity contribution in [2.45, 2.75) is 155 Å². The van der Waals surface area contributed by atoms with Crippen LogP contribution in [0.4, 0.5) is 0 Å². The van der Waals surface area contributed by atoms with Crippen molar-refractivity contribution >= 4 is 17.8 Å². The van der Waals surface area contributed by atoms with E-state index in [1.807, 2.05) is 6.08 Å². The van der Waals surface area contributed by atoms with Crippen LogP contribution in [0.2, 0.25) is 0 Å². The summed E-state index contributed by atoms with van der Waals surface area (Å²) in [6.07, 6.45) is 50.0. The number of carboxylic acid groups (broad SMARTS) is 1. The highest BCUT2D eigenvalue weighted by Gasteiger charge is 2.12. The Balaban J connectivity index is 4.30. The fourth-order valence-corrected chi connectivity index (χ4v) is 4.85. The Morgan fingerprint density at radius 1 is 0.562 bits per heavy atom. The summed E-state index contributed by atoms with van der Waals surface area (Å²) in [6.45, 7) is 3.94. The van der Waals surface area contributed by atoms with E-state index in [1.165, 1.54) is 25.7 Å². The Labute approximate surface area is 293 Å². The van der Waals surface area contributed by atoms with Crippen molar-refractivity contribution in [3.05, 3.63) is 85.1 Å². The third-order valence-electron chi connectivity index (χ3n) is 7.55. The maximum absolute atomic E-state index is 12.6. The standard InChI is InChI=1S/C42H67NO5/c1-3-5-7-9-11-13-15-16-17-18-19-20-22-24-26-28-33-37-42(47)48-39(35-31-29-32-36-40(44)43-38-41(45)46)34-30-27-25-23-21-14-12-10-8-6-4-2/h5-8,11-14,16-17,23,25,30,34,39H,3-4,9-10,15,18-22,24,26-29,31-33,35-38H2,1-2H3,(H,43,44)(H,45,46)/b7-5-,8-6-,13-11-,14-12-,17-16-,25-23-,34-30-. The van der Waals surface area contributed by atoms with E-state index in [0.29, 0.717) is 25.7 Å². The number of amides is 1. The van der Waals surface area contributed by atoms with Crippen molar-refractivity contribution in [3.63, 3.8) is 0 Å². The first-order chi connectivity index (χ1) is 23.5. The quantitative estimate of drug-likeness (QED) is 0.0424. The number of hydrogen-bond donors (Lipinski definition) is 2. The SMILES string of the molecule is CC/C=C\C/C=C\C/C=C\C/C=C\C(CCCCCC(=O)NCC(=O)O)OC(=O)CCCCCCCCC/C=C\C/C=C\C/C=C\CC. The molecule has 0 aromatic rings. The minimum Gasteiger partial charge on any atom is -0.480 e. The Bertz CT molecular complexity index is 1000. The first-order valence-corrected chi connectivity index (χ1v) is 18.7. The van der Waals surface area contributed by atoms with Gasteiger partial charge in [0.25, 0.3) is 0 Å². The van der Waals surface area contributed by atoms with E-state index in [2.05, 4.69) is 98.2 Å². The van der Waals surface area contributed by atoms with Gasteiger partial charge >= 0.3 is 11.9 Å². The summed E-state index contributed by atoms with van der Waals surface area (Å²) in [5.74, 6) is -1.44. The number of carbonyl (C=O) groups excluding carboxylic acids is 2. The van der Waals surface area contributed by atoms with Gasteiger partial charge in [0.1, 0.15) is 12.6 Å². The molecular formula is C42H67NO5. The molecule has 6 heteroatoms. The van der Waals surface area contributed by atoms with Gasteiger partial charge in [0, 0.05) is 12.8 Å². The molecule has 0 rings (SSSR count). The predicted molar refractivity (Wildman–Crippen MR) is 203 cm³/mol. The van der Waals surface area contributed by atoms with E-state index in [9.17, 15) is 14.4 Å².